The third-order valence-corrected chi connectivity index (χ3v) is 6.83. The molecule has 0 bridgehead atoms. The van der Waals surface area contributed by atoms with Gasteiger partial charge in [0.1, 0.15) is 17.5 Å². The van der Waals surface area contributed by atoms with E-state index in [0.29, 0.717) is 5.82 Å². The molecule has 4 N–H and O–H groups in total. The van der Waals surface area contributed by atoms with Gasteiger partial charge in [-0.2, -0.15) is 5.21 Å². The number of β-lactam (4-membered cyclic amide) rings is 1. The Kier molecular flexibility index (Phi) is 4.62. The molecule has 0 radical (unpaired) electrons. The lowest BCUT2D eigenvalue weighted by Crippen LogP contribution is -2.68. The van der Waals surface area contributed by atoms with Crippen LogP contribution in [0.25, 0.3) is 0 Å². The minimum Gasteiger partial charge on any atom is -0.341 e. The zero-order valence-electron chi connectivity index (χ0n) is 15.9. The minimum atomic E-state index is -0.545. The molecule has 2 amide bonds. The van der Waals surface area contributed by atoms with Crippen molar-refractivity contribution in [2.24, 2.45) is 5.73 Å². The summed E-state index contributed by atoms with van der Waals surface area (Å²) in [4.78, 5) is 27.2. The molecule has 2 saturated heterocycles. The van der Waals surface area contributed by atoms with Gasteiger partial charge >= 0.3 is 0 Å². The normalized spacial score (nSPS) is 26.5. The molecule has 3 unspecified atom stereocenters. The Morgan fingerprint density at radius 1 is 1.43 bits per heavy atom. The first-order valence-electron chi connectivity index (χ1n) is 9.15. The van der Waals surface area contributed by atoms with Crippen molar-refractivity contribution < 1.29 is 9.59 Å². The highest BCUT2D eigenvalue weighted by Crippen LogP contribution is 2.56. The van der Waals surface area contributed by atoms with E-state index in [1.807, 2.05) is 45.0 Å². The van der Waals surface area contributed by atoms with Gasteiger partial charge in [0.05, 0.1) is 6.42 Å². The molecule has 2 aromatic rings. The molecule has 2 aliphatic rings. The number of nitrogens with two attached hydrogens (primary N) is 1. The summed E-state index contributed by atoms with van der Waals surface area (Å²) in [6.07, 6.45) is 0.191. The van der Waals surface area contributed by atoms with Gasteiger partial charge in [0, 0.05) is 10.8 Å². The number of carbonyl (C=O) groups excluding carboxylic acids is 2. The predicted octanol–water partition coefficient (Wildman–Crippen LogP) is 0.682. The zero-order chi connectivity index (χ0) is 20.1. The van der Waals surface area contributed by atoms with Crippen molar-refractivity contribution >= 4 is 23.6 Å². The summed E-state index contributed by atoms with van der Waals surface area (Å²) in [6.45, 7) is 5.98. The first-order valence-corrected chi connectivity index (χ1v) is 10.0. The topological polar surface area (TPSA) is 130 Å². The van der Waals surface area contributed by atoms with E-state index in [-0.39, 0.29) is 40.4 Å². The summed E-state index contributed by atoms with van der Waals surface area (Å²) in [5, 5.41) is 16.9. The molecule has 2 fully saturated rings. The maximum atomic E-state index is 12.8. The summed E-state index contributed by atoms with van der Waals surface area (Å²) in [7, 11) is 0. The number of rotatable bonds is 5. The molecule has 4 atom stereocenters. The van der Waals surface area contributed by atoms with E-state index in [4.69, 9.17) is 5.73 Å². The van der Waals surface area contributed by atoms with Gasteiger partial charge in [0.25, 0.3) is 0 Å². The maximum absolute atomic E-state index is 12.8. The number of nitrogens with zero attached hydrogens (tertiary/aromatic N) is 4. The smallest absolute Gasteiger partial charge is 0.249 e. The number of carbonyl (C=O) groups is 2. The summed E-state index contributed by atoms with van der Waals surface area (Å²) in [5.41, 5.74) is 7.81. The number of amides is 2. The van der Waals surface area contributed by atoms with Crippen LogP contribution in [0.1, 0.15) is 49.8 Å². The molecule has 0 saturated carbocycles. The van der Waals surface area contributed by atoms with Gasteiger partial charge in [0.15, 0.2) is 5.82 Å². The van der Waals surface area contributed by atoms with Gasteiger partial charge < -0.3 is 16.0 Å². The molecule has 0 spiro atoms. The third-order valence-electron chi connectivity index (χ3n) is 5.26. The molecule has 2 aliphatic heterocycles. The van der Waals surface area contributed by atoms with Gasteiger partial charge in [-0.05, 0) is 31.9 Å². The lowest BCUT2D eigenvalue weighted by atomic mass is 9.95. The number of H-pyrrole nitrogens is 1. The third kappa shape index (κ3) is 3.06. The van der Waals surface area contributed by atoms with Crippen LogP contribution in [0, 0.1) is 0 Å². The van der Waals surface area contributed by atoms with Gasteiger partial charge in [-0.25, -0.2) is 0 Å². The molecule has 10 heteroatoms. The Bertz CT molecular complexity index is 899. The number of aromatic nitrogens is 4. The standard InChI is InChI=1S/C18H23N7O2S/c1-9(19)11-7-5-4-6-10(11)8-12(26)20-13-16(27)25-14(15-21-23-24-22-15)18(2,3)28-17(13)25/h4-7,9,13-14,17H,8,19H2,1-3H3,(H,20,26)(H,21,22,23,24)/t9?,13?,14?,17-/m1/s1. The molecule has 1 aromatic heterocycles. The molecular weight excluding hydrogens is 378 g/mol. The van der Waals surface area contributed by atoms with Gasteiger partial charge in [-0.1, -0.05) is 29.5 Å². The van der Waals surface area contributed by atoms with Crippen molar-refractivity contribution in [1.29, 1.82) is 0 Å². The Balaban J connectivity index is 1.46. The highest BCUT2D eigenvalue weighted by molar-refractivity contribution is 8.01. The molecule has 28 heavy (non-hydrogen) atoms. The van der Waals surface area contributed by atoms with E-state index in [2.05, 4.69) is 25.9 Å². The first kappa shape index (κ1) is 18.9. The monoisotopic (exact) mass is 401 g/mol. The predicted molar refractivity (Wildman–Crippen MR) is 104 cm³/mol. The van der Waals surface area contributed by atoms with Crippen LogP contribution >= 0.6 is 11.8 Å². The van der Waals surface area contributed by atoms with E-state index >= 15 is 0 Å². The van der Waals surface area contributed by atoms with Gasteiger partial charge in [0.2, 0.25) is 11.8 Å². The first-order chi connectivity index (χ1) is 13.3. The van der Waals surface area contributed by atoms with E-state index in [9.17, 15) is 9.59 Å². The Hall–Kier alpha value is -2.46. The van der Waals surface area contributed by atoms with Crippen molar-refractivity contribution in [2.45, 2.75) is 55.4 Å². The van der Waals surface area contributed by atoms with E-state index < -0.39 is 6.04 Å². The van der Waals surface area contributed by atoms with Crippen molar-refractivity contribution in [3.05, 3.63) is 41.2 Å². The zero-order valence-corrected chi connectivity index (χ0v) is 16.7. The summed E-state index contributed by atoms with van der Waals surface area (Å²) in [5.74, 6) is 0.184. The maximum Gasteiger partial charge on any atom is 0.249 e. The summed E-state index contributed by atoms with van der Waals surface area (Å²) in [6, 6.07) is 6.63. The SMILES string of the molecule is CC(N)c1ccccc1CC(=O)NC1C(=O)N2C(c3nn[nH]n3)C(C)(C)S[C@H]12. The van der Waals surface area contributed by atoms with Crippen molar-refractivity contribution in [3.8, 4) is 0 Å². The van der Waals surface area contributed by atoms with E-state index in [1.54, 1.807) is 16.7 Å². The van der Waals surface area contributed by atoms with Crippen LogP contribution in [0.3, 0.4) is 0 Å². The van der Waals surface area contributed by atoms with Gasteiger partial charge in [-0.3, -0.25) is 9.59 Å². The van der Waals surface area contributed by atoms with Crippen LogP contribution in [0.15, 0.2) is 24.3 Å². The molecule has 148 valence electrons. The highest BCUT2D eigenvalue weighted by atomic mass is 32.2. The van der Waals surface area contributed by atoms with Crippen molar-refractivity contribution in [2.75, 3.05) is 0 Å². The van der Waals surface area contributed by atoms with E-state index in [0.717, 1.165) is 11.1 Å². The fourth-order valence-electron chi connectivity index (χ4n) is 3.99. The largest absolute Gasteiger partial charge is 0.341 e. The van der Waals surface area contributed by atoms with Crippen LogP contribution in [-0.2, 0) is 16.0 Å². The molecule has 1 aromatic carbocycles. The number of tetrazole rings is 1. The summed E-state index contributed by atoms with van der Waals surface area (Å²) < 4.78 is -0.286. The number of aromatic amines is 1. The van der Waals surface area contributed by atoms with Crippen LogP contribution in [0.2, 0.25) is 0 Å². The molecule has 4 rings (SSSR count). The van der Waals surface area contributed by atoms with E-state index in [1.165, 1.54) is 0 Å². The molecular formula is C18H23N7O2S. The number of fused-ring (bicyclic) bond motifs is 1. The average molecular weight is 401 g/mol. The second-order valence-corrected chi connectivity index (χ2v) is 9.51. The highest BCUT2D eigenvalue weighted by Gasteiger charge is 2.63. The number of nitrogens with one attached hydrogen (secondary N) is 2. The fraction of sp³-hybridized carbons (Fsp3) is 0.500. The van der Waals surface area contributed by atoms with Crippen LogP contribution in [-0.4, -0.2) is 53.5 Å². The quantitative estimate of drug-likeness (QED) is 0.628. The Morgan fingerprint density at radius 3 is 2.86 bits per heavy atom. The minimum absolute atomic E-state index is 0.119. The Labute approximate surface area is 166 Å². The Morgan fingerprint density at radius 2 is 2.18 bits per heavy atom. The number of thioether (sulfide) groups is 1. The average Bonchev–Trinajstić information content (AvgIpc) is 3.24. The van der Waals surface area contributed by atoms with Crippen LogP contribution in [0.4, 0.5) is 0 Å². The van der Waals surface area contributed by atoms with Crippen LogP contribution in [0.5, 0.6) is 0 Å². The molecule has 9 nitrogen and oxygen atoms in total. The second-order valence-electron chi connectivity index (χ2n) is 7.74. The molecule has 3 heterocycles. The number of hydrogen-bond donors (Lipinski definition) is 3. The van der Waals surface area contributed by atoms with Crippen LogP contribution < -0.4 is 11.1 Å². The lowest BCUT2D eigenvalue weighted by Gasteiger charge is -2.44. The number of hydrogen-bond acceptors (Lipinski definition) is 7. The summed E-state index contributed by atoms with van der Waals surface area (Å²) >= 11 is 1.64. The number of benzene rings is 1. The lowest BCUT2D eigenvalue weighted by molar-refractivity contribution is -0.151. The second kappa shape index (κ2) is 6.85. The van der Waals surface area contributed by atoms with Gasteiger partial charge in [-0.15, -0.1) is 22.0 Å². The van der Waals surface area contributed by atoms with Crippen molar-refractivity contribution in [3.63, 3.8) is 0 Å². The van der Waals surface area contributed by atoms with Crippen molar-refractivity contribution in [1.82, 2.24) is 30.8 Å². The molecule has 0 aliphatic carbocycles. The fourth-order valence-corrected chi connectivity index (χ4v) is 5.62.